The molecule has 1 aromatic rings. The van der Waals surface area contributed by atoms with Crippen LogP contribution in [0.5, 0.6) is 5.75 Å². The Bertz CT molecular complexity index is 389. The van der Waals surface area contributed by atoms with E-state index in [0.717, 1.165) is 0 Å². The summed E-state index contributed by atoms with van der Waals surface area (Å²) in [6.45, 7) is 6.81. The summed E-state index contributed by atoms with van der Waals surface area (Å²) < 4.78 is 0. The largest absolute Gasteiger partial charge is 0.508 e. The molecule has 0 saturated heterocycles. The number of unbranched alkanes of at least 4 members (excludes halogenated alkanes) is 5. The lowest BCUT2D eigenvalue weighted by atomic mass is 9.69. The standard InChI is InChI=1S/C21H36O/c1-4-7-10-13-18-21(16-8-5-2,17-9-6-3)19-14-11-12-15-20(19)22/h11-12,14-15,22H,4-10,13,16-18H2,1-3H3. The van der Waals surface area contributed by atoms with Gasteiger partial charge in [0.2, 0.25) is 0 Å². The SMILES string of the molecule is CCCCCCC(CCCC)(CCCC)c1ccccc1O. The van der Waals surface area contributed by atoms with Gasteiger partial charge < -0.3 is 5.11 Å². The Labute approximate surface area is 138 Å². The van der Waals surface area contributed by atoms with E-state index in [-0.39, 0.29) is 5.41 Å². The maximum Gasteiger partial charge on any atom is 0.119 e. The van der Waals surface area contributed by atoms with Crippen LogP contribution in [0.4, 0.5) is 0 Å². The predicted octanol–water partition coefficient (Wildman–Crippen LogP) is 6.98. The van der Waals surface area contributed by atoms with Crippen LogP contribution in [0.1, 0.15) is 97.0 Å². The van der Waals surface area contributed by atoms with E-state index in [2.05, 4.69) is 32.9 Å². The van der Waals surface area contributed by atoms with Crippen LogP contribution in [0.15, 0.2) is 24.3 Å². The van der Waals surface area contributed by atoms with E-state index in [1.165, 1.54) is 76.2 Å². The third-order valence-corrected chi connectivity index (χ3v) is 5.00. The highest BCUT2D eigenvalue weighted by Gasteiger charge is 2.32. The zero-order valence-corrected chi connectivity index (χ0v) is 15.0. The summed E-state index contributed by atoms with van der Waals surface area (Å²) in [7, 11) is 0. The van der Waals surface area contributed by atoms with Crippen molar-refractivity contribution in [1.82, 2.24) is 0 Å². The average molecular weight is 305 g/mol. The second-order valence-electron chi connectivity index (χ2n) is 6.82. The fourth-order valence-electron chi connectivity index (χ4n) is 3.62. The summed E-state index contributed by atoms with van der Waals surface area (Å²) in [5.41, 5.74) is 1.39. The van der Waals surface area contributed by atoms with Crippen molar-refractivity contribution in [3.63, 3.8) is 0 Å². The van der Waals surface area contributed by atoms with Crippen LogP contribution in [0, 0.1) is 0 Å². The lowest BCUT2D eigenvalue weighted by Gasteiger charge is -2.35. The molecule has 126 valence electrons. The van der Waals surface area contributed by atoms with Gasteiger partial charge in [-0.1, -0.05) is 90.3 Å². The molecule has 0 saturated carbocycles. The molecule has 1 N–H and O–H groups in total. The molecule has 1 aromatic carbocycles. The molecule has 0 aromatic heterocycles. The topological polar surface area (TPSA) is 20.2 Å². The van der Waals surface area contributed by atoms with E-state index >= 15 is 0 Å². The molecule has 0 spiro atoms. The maximum absolute atomic E-state index is 10.4. The number of phenolic OH excluding ortho intramolecular Hbond substituents is 1. The Balaban J connectivity index is 2.98. The number of benzene rings is 1. The molecule has 0 aliphatic heterocycles. The lowest BCUT2D eigenvalue weighted by Crippen LogP contribution is -2.26. The lowest BCUT2D eigenvalue weighted by molar-refractivity contribution is 0.295. The third kappa shape index (κ3) is 5.66. The molecular weight excluding hydrogens is 268 g/mol. The smallest absolute Gasteiger partial charge is 0.119 e. The summed E-state index contributed by atoms with van der Waals surface area (Å²) in [4.78, 5) is 0. The number of hydrogen-bond donors (Lipinski definition) is 1. The quantitative estimate of drug-likeness (QED) is 0.413. The van der Waals surface area contributed by atoms with E-state index < -0.39 is 0 Å². The molecule has 0 amide bonds. The highest BCUT2D eigenvalue weighted by atomic mass is 16.3. The van der Waals surface area contributed by atoms with Crippen LogP contribution in [0.3, 0.4) is 0 Å². The van der Waals surface area contributed by atoms with Gasteiger partial charge in [-0.15, -0.1) is 0 Å². The van der Waals surface area contributed by atoms with Crippen molar-refractivity contribution in [2.24, 2.45) is 0 Å². The highest BCUT2D eigenvalue weighted by Crippen LogP contribution is 2.43. The third-order valence-electron chi connectivity index (χ3n) is 5.00. The normalized spacial score (nSPS) is 11.8. The molecule has 0 aliphatic carbocycles. The zero-order chi connectivity index (χ0) is 16.3. The van der Waals surface area contributed by atoms with E-state index in [1.807, 2.05) is 12.1 Å². The first-order chi connectivity index (χ1) is 10.7. The van der Waals surface area contributed by atoms with E-state index in [4.69, 9.17) is 0 Å². The molecule has 0 heterocycles. The minimum atomic E-state index is 0.186. The van der Waals surface area contributed by atoms with E-state index in [0.29, 0.717) is 5.75 Å². The zero-order valence-electron chi connectivity index (χ0n) is 15.0. The van der Waals surface area contributed by atoms with Gasteiger partial charge in [-0.2, -0.15) is 0 Å². The van der Waals surface area contributed by atoms with Gasteiger partial charge in [0.1, 0.15) is 5.75 Å². The second kappa shape index (κ2) is 10.7. The second-order valence-corrected chi connectivity index (χ2v) is 6.82. The maximum atomic E-state index is 10.4. The Hall–Kier alpha value is -0.980. The van der Waals surface area contributed by atoms with Crippen molar-refractivity contribution in [2.45, 2.75) is 96.8 Å². The van der Waals surface area contributed by atoms with Crippen LogP contribution in [0.25, 0.3) is 0 Å². The Kier molecular flexibility index (Phi) is 9.27. The fourth-order valence-corrected chi connectivity index (χ4v) is 3.62. The molecule has 1 heteroatoms. The Morgan fingerprint density at radius 1 is 0.727 bits per heavy atom. The monoisotopic (exact) mass is 304 g/mol. The first kappa shape index (κ1) is 19.1. The van der Waals surface area contributed by atoms with Gasteiger partial charge in [0.15, 0.2) is 0 Å². The van der Waals surface area contributed by atoms with Gasteiger partial charge in [-0.25, -0.2) is 0 Å². The minimum Gasteiger partial charge on any atom is -0.508 e. The minimum absolute atomic E-state index is 0.186. The van der Waals surface area contributed by atoms with Crippen molar-refractivity contribution in [1.29, 1.82) is 0 Å². The highest BCUT2D eigenvalue weighted by molar-refractivity contribution is 5.38. The number of aromatic hydroxyl groups is 1. The van der Waals surface area contributed by atoms with Crippen LogP contribution >= 0.6 is 0 Å². The molecule has 0 radical (unpaired) electrons. The van der Waals surface area contributed by atoms with Crippen molar-refractivity contribution >= 4 is 0 Å². The van der Waals surface area contributed by atoms with Crippen LogP contribution in [-0.4, -0.2) is 5.11 Å². The molecule has 0 bridgehead atoms. The number of rotatable bonds is 12. The fraction of sp³-hybridized carbons (Fsp3) is 0.714. The molecule has 0 atom stereocenters. The summed E-state index contributed by atoms with van der Waals surface area (Å²) in [6, 6.07) is 8.07. The summed E-state index contributed by atoms with van der Waals surface area (Å²) >= 11 is 0. The van der Waals surface area contributed by atoms with Gasteiger partial charge in [0, 0.05) is 5.56 Å². The van der Waals surface area contributed by atoms with E-state index in [9.17, 15) is 5.11 Å². The van der Waals surface area contributed by atoms with Crippen molar-refractivity contribution in [3.8, 4) is 5.75 Å². The Morgan fingerprint density at radius 2 is 1.27 bits per heavy atom. The molecular formula is C21H36O. The number of hydrogen-bond acceptors (Lipinski definition) is 1. The summed E-state index contributed by atoms with van der Waals surface area (Å²) in [6.07, 6.45) is 13.9. The average Bonchev–Trinajstić information content (AvgIpc) is 2.54. The Morgan fingerprint density at radius 3 is 1.82 bits per heavy atom. The number of para-hydroxylation sites is 1. The molecule has 1 rings (SSSR count). The van der Waals surface area contributed by atoms with Crippen LogP contribution in [-0.2, 0) is 5.41 Å². The molecule has 0 aliphatic rings. The molecule has 22 heavy (non-hydrogen) atoms. The summed E-state index contributed by atoms with van der Waals surface area (Å²) in [5.74, 6) is 0.505. The van der Waals surface area contributed by atoms with Crippen molar-refractivity contribution in [2.75, 3.05) is 0 Å². The predicted molar refractivity (Wildman–Crippen MR) is 97.6 cm³/mol. The van der Waals surface area contributed by atoms with Gasteiger partial charge in [-0.05, 0) is 30.7 Å². The van der Waals surface area contributed by atoms with E-state index in [1.54, 1.807) is 0 Å². The van der Waals surface area contributed by atoms with Crippen LogP contribution in [0.2, 0.25) is 0 Å². The first-order valence-electron chi connectivity index (χ1n) is 9.48. The molecule has 0 unspecified atom stereocenters. The van der Waals surface area contributed by atoms with Crippen molar-refractivity contribution < 1.29 is 5.11 Å². The van der Waals surface area contributed by atoms with Gasteiger partial charge >= 0.3 is 0 Å². The van der Waals surface area contributed by atoms with Crippen molar-refractivity contribution in [3.05, 3.63) is 29.8 Å². The molecule has 1 nitrogen and oxygen atoms in total. The van der Waals surface area contributed by atoms with Gasteiger partial charge in [-0.3, -0.25) is 0 Å². The van der Waals surface area contributed by atoms with Gasteiger partial charge in [0.05, 0.1) is 0 Å². The molecule has 0 fully saturated rings. The first-order valence-corrected chi connectivity index (χ1v) is 9.48. The van der Waals surface area contributed by atoms with Crippen LogP contribution < -0.4 is 0 Å². The number of phenols is 1. The summed E-state index contributed by atoms with van der Waals surface area (Å²) in [5, 5.41) is 10.4. The van der Waals surface area contributed by atoms with Gasteiger partial charge in [0.25, 0.3) is 0 Å².